The van der Waals surface area contributed by atoms with Gasteiger partial charge in [0.25, 0.3) is 5.69 Å². The predicted molar refractivity (Wildman–Crippen MR) is 118 cm³/mol. The van der Waals surface area contributed by atoms with E-state index in [-0.39, 0.29) is 29.4 Å². The molecule has 0 fully saturated rings. The molecule has 2 aromatic rings. The maximum Gasteiger partial charge on any atom is 0.325 e. The van der Waals surface area contributed by atoms with Gasteiger partial charge in [-0.15, -0.1) is 5.11 Å². The number of methoxy groups -OCH3 is 2. The number of anilines is 1. The molecule has 0 amide bonds. The molecule has 0 saturated carbocycles. The van der Waals surface area contributed by atoms with Crippen molar-refractivity contribution in [1.82, 2.24) is 0 Å². The highest BCUT2D eigenvalue weighted by molar-refractivity contribution is 8.03. The van der Waals surface area contributed by atoms with E-state index in [9.17, 15) is 29.8 Å². The molecule has 0 heterocycles. The Kier molecular flexibility index (Phi) is 8.97. The van der Waals surface area contributed by atoms with E-state index < -0.39 is 33.2 Å². The Morgan fingerprint density at radius 1 is 1.00 bits per heavy atom. The number of rotatable bonds is 10. The lowest BCUT2D eigenvalue weighted by Gasteiger charge is -2.22. The van der Waals surface area contributed by atoms with Crippen LogP contribution < -0.4 is 4.90 Å². The van der Waals surface area contributed by atoms with Gasteiger partial charge in [0.05, 0.1) is 35.8 Å². The fourth-order valence-electron chi connectivity index (χ4n) is 2.57. The lowest BCUT2D eigenvalue weighted by molar-refractivity contribution is -0.395. The van der Waals surface area contributed by atoms with Crippen molar-refractivity contribution in [3.63, 3.8) is 0 Å². The summed E-state index contributed by atoms with van der Waals surface area (Å²) in [5.41, 5.74) is -0.823. The SMILES string of the molecule is COC(=O)CN(CC(=O)OC)c1ccc(N=Nc2cc(SC#N)c([N+](=O)[O-])cc2[N+](=O)[O-])cc1. The number of nitriles is 1. The van der Waals surface area contributed by atoms with Gasteiger partial charge in [-0.1, -0.05) is 0 Å². The van der Waals surface area contributed by atoms with Crippen molar-refractivity contribution in [2.45, 2.75) is 4.90 Å². The molecular formula is C19H16N6O8S. The Bertz CT molecular complexity index is 1160. The molecule has 0 saturated heterocycles. The van der Waals surface area contributed by atoms with Crippen LogP contribution in [-0.4, -0.2) is 49.1 Å². The first-order chi connectivity index (χ1) is 16.2. The lowest BCUT2D eigenvalue weighted by atomic mass is 10.2. The van der Waals surface area contributed by atoms with Gasteiger partial charge < -0.3 is 14.4 Å². The molecule has 0 bridgehead atoms. The van der Waals surface area contributed by atoms with Crippen molar-refractivity contribution in [3.05, 3.63) is 56.6 Å². The average Bonchev–Trinajstić information content (AvgIpc) is 2.82. The summed E-state index contributed by atoms with van der Waals surface area (Å²) >= 11 is 0.463. The number of carbonyl (C=O) groups is 2. The Balaban J connectivity index is 2.36. The Hall–Kier alpha value is -4.58. The van der Waals surface area contributed by atoms with Gasteiger partial charge in [0.1, 0.15) is 23.4 Å². The van der Waals surface area contributed by atoms with Crippen LogP contribution >= 0.6 is 11.8 Å². The van der Waals surface area contributed by atoms with Gasteiger partial charge in [-0.3, -0.25) is 29.8 Å². The van der Waals surface area contributed by atoms with Crippen molar-refractivity contribution in [3.8, 4) is 5.40 Å². The third-order valence-electron chi connectivity index (χ3n) is 4.19. The first-order valence-corrected chi connectivity index (χ1v) is 9.95. The molecule has 0 aromatic heterocycles. The summed E-state index contributed by atoms with van der Waals surface area (Å²) in [5.74, 6) is -1.16. The molecule has 0 unspecified atom stereocenters. The molecule has 0 radical (unpaired) electrons. The molecule has 0 spiro atoms. The first kappa shape index (κ1) is 25.7. The summed E-state index contributed by atoms with van der Waals surface area (Å²) in [5, 5.41) is 40.8. The summed E-state index contributed by atoms with van der Waals surface area (Å²) in [6, 6.07) is 7.76. The van der Waals surface area contributed by atoms with Crippen molar-refractivity contribution < 1.29 is 28.9 Å². The molecule has 2 rings (SSSR count). The summed E-state index contributed by atoms with van der Waals surface area (Å²) in [4.78, 5) is 45.4. The van der Waals surface area contributed by atoms with Crippen molar-refractivity contribution >= 4 is 52.1 Å². The highest BCUT2D eigenvalue weighted by Gasteiger charge is 2.25. The van der Waals surface area contributed by atoms with Gasteiger partial charge in [-0.05, 0) is 42.1 Å². The average molecular weight is 488 g/mol. The number of hydrogen-bond acceptors (Lipinski definition) is 13. The van der Waals surface area contributed by atoms with E-state index in [0.29, 0.717) is 23.5 Å². The summed E-state index contributed by atoms with van der Waals surface area (Å²) in [6.45, 7) is -0.443. The fourth-order valence-corrected chi connectivity index (χ4v) is 3.07. The van der Waals surface area contributed by atoms with E-state index in [1.54, 1.807) is 5.40 Å². The number of hydrogen-bond donors (Lipinski definition) is 0. The van der Waals surface area contributed by atoms with E-state index in [0.717, 1.165) is 6.07 Å². The standard InChI is InChI=1S/C19H16N6O8S/c1-32-18(26)9-23(10-19(27)33-2)13-5-3-12(4-6-13)21-22-14-7-17(34-11-20)16(25(30)31)8-15(14)24(28)29/h3-8H,9-10H2,1-2H3. The van der Waals surface area contributed by atoms with Gasteiger partial charge >= 0.3 is 17.6 Å². The third-order valence-corrected chi connectivity index (χ3v) is 4.83. The van der Waals surface area contributed by atoms with E-state index >= 15 is 0 Å². The molecule has 0 aliphatic heterocycles. The maximum atomic E-state index is 11.7. The molecule has 14 nitrogen and oxygen atoms in total. The monoisotopic (exact) mass is 488 g/mol. The second-order valence-electron chi connectivity index (χ2n) is 6.24. The second kappa shape index (κ2) is 11.9. The largest absolute Gasteiger partial charge is 0.468 e. The first-order valence-electron chi connectivity index (χ1n) is 9.13. The minimum Gasteiger partial charge on any atom is -0.468 e. The normalized spacial score (nSPS) is 10.4. The highest BCUT2D eigenvalue weighted by atomic mass is 32.2. The smallest absolute Gasteiger partial charge is 0.325 e. The van der Waals surface area contributed by atoms with Crippen molar-refractivity contribution in [2.75, 3.05) is 32.2 Å². The van der Waals surface area contributed by atoms with Gasteiger partial charge in [-0.25, -0.2) is 0 Å². The lowest BCUT2D eigenvalue weighted by Crippen LogP contribution is -2.35. The van der Waals surface area contributed by atoms with Gasteiger partial charge in [-0.2, -0.15) is 10.4 Å². The number of azo groups is 1. The molecule has 0 aliphatic carbocycles. The molecule has 15 heteroatoms. The number of nitro groups is 2. The number of carbonyl (C=O) groups excluding carboxylic acids is 2. The molecule has 0 N–H and O–H groups in total. The van der Waals surface area contributed by atoms with Crippen LogP contribution in [0.15, 0.2) is 51.5 Å². The van der Waals surface area contributed by atoms with E-state index in [4.69, 9.17) is 5.26 Å². The van der Waals surface area contributed by atoms with Crippen LogP contribution in [0.1, 0.15) is 0 Å². The molecule has 2 aromatic carbocycles. The zero-order valence-electron chi connectivity index (χ0n) is 17.7. The number of thioether (sulfide) groups is 1. The van der Waals surface area contributed by atoms with Crippen LogP contribution in [-0.2, 0) is 19.1 Å². The minimum atomic E-state index is -0.844. The van der Waals surface area contributed by atoms with Crippen LogP contribution in [0.3, 0.4) is 0 Å². The summed E-state index contributed by atoms with van der Waals surface area (Å²) in [6.07, 6.45) is 0. The van der Waals surface area contributed by atoms with Crippen molar-refractivity contribution in [1.29, 1.82) is 5.26 Å². The van der Waals surface area contributed by atoms with E-state index in [1.165, 1.54) is 43.4 Å². The number of nitrogens with zero attached hydrogens (tertiary/aromatic N) is 6. The zero-order valence-corrected chi connectivity index (χ0v) is 18.6. The van der Waals surface area contributed by atoms with Crippen LogP contribution in [0.2, 0.25) is 0 Å². The van der Waals surface area contributed by atoms with Crippen LogP contribution in [0.4, 0.5) is 28.4 Å². The molecular weight excluding hydrogens is 472 g/mol. The molecule has 0 aliphatic rings. The zero-order chi connectivity index (χ0) is 25.3. The van der Waals surface area contributed by atoms with E-state index in [1.807, 2.05) is 0 Å². The number of esters is 2. The van der Waals surface area contributed by atoms with E-state index in [2.05, 4.69) is 19.7 Å². The van der Waals surface area contributed by atoms with Crippen LogP contribution in [0.25, 0.3) is 0 Å². The predicted octanol–water partition coefficient (Wildman–Crippen LogP) is 3.64. The van der Waals surface area contributed by atoms with Crippen LogP contribution in [0, 0.1) is 30.9 Å². The van der Waals surface area contributed by atoms with Crippen molar-refractivity contribution in [2.24, 2.45) is 10.2 Å². The molecule has 0 atom stereocenters. The Morgan fingerprint density at radius 3 is 2.03 bits per heavy atom. The number of nitro benzene ring substituents is 2. The second-order valence-corrected chi connectivity index (χ2v) is 7.07. The fraction of sp³-hybridized carbons (Fsp3) is 0.211. The maximum absolute atomic E-state index is 11.7. The number of thiocyanates is 1. The minimum absolute atomic E-state index is 0.122. The third kappa shape index (κ3) is 6.71. The van der Waals surface area contributed by atoms with Gasteiger partial charge in [0.2, 0.25) is 0 Å². The van der Waals surface area contributed by atoms with Gasteiger partial charge in [0.15, 0.2) is 5.69 Å². The topological polar surface area (TPSA) is 191 Å². The Labute approximate surface area is 196 Å². The Morgan fingerprint density at radius 2 is 1.56 bits per heavy atom. The highest BCUT2D eigenvalue weighted by Crippen LogP contribution is 2.39. The molecule has 176 valence electrons. The summed E-state index contributed by atoms with van der Waals surface area (Å²) < 4.78 is 9.25. The van der Waals surface area contributed by atoms with Gasteiger partial charge in [0, 0.05) is 5.69 Å². The summed E-state index contributed by atoms with van der Waals surface area (Å²) in [7, 11) is 2.42. The van der Waals surface area contributed by atoms with Crippen LogP contribution in [0.5, 0.6) is 0 Å². The quantitative estimate of drug-likeness (QED) is 0.118. The number of benzene rings is 2. The number of ether oxygens (including phenoxy) is 2. The molecule has 34 heavy (non-hydrogen) atoms.